The average molecular weight is 539 g/mol. The zero-order chi connectivity index (χ0) is 26.6. The van der Waals surface area contributed by atoms with Crippen molar-refractivity contribution in [2.45, 2.75) is 93.1 Å². The zero-order valence-corrected chi connectivity index (χ0v) is 23.2. The third-order valence-corrected chi connectivity index (χ3v) is 11.4. The van der Waals surface area contributed by atoms with Crippen LogP contribution in [-0.4, -0.2) is 80.6 Å². The molecule has 1 aromatic heterocycles. The molecule has 2 aromatic rings. The van der Waals surface area contributed by atoms with Gasteiger partial charge in [0.15, 0.2) is 11.5 Å². The number of benzene rings is 1. The van der Waals surface area contributed by atoms with Gasteiger partial charge in [0.2, 0.25) is 5.91 Å². The summed E-state index contributed by atoms with van der Waals surface area (Å²) in [4.78, 5) is 17.9. The van der Waals surface area contributed by atoms with Crippen molar-refractivity contribution in [2.75, 3.05) is 20.1 Å². The van der Waals surface area contributed by atoms with Gasteiger partial charge in [-0.1, -0.05) is 6.07 Å². The molecule has 1 saturated heterocycles. The van der Waals surface area contributed by atoms with Crippen LogP contribution in [0.15, 0.2) is 29.0 Å². The fourth-order valence-electron chi connectivity index (χ4n) is 8.25. The highest BCUT2D eigenvalue weighted by atomic mass is 32.1. The maximum absolute atomic E-state index is 13.7. The molecule has 3 aliphatic carbocycles. The summed E-state index contributed by atoms with van der Waals surface area (Å²) in [5, 5.41) is 38.5. The predicted molar refractivity (Wildman–Crippen MR) is 145 cm³/mol. The largest absolute Gasteiger partial charge is 0.504 e. The number of β-amino-alcohol motifs (C(OH)–C–C–N with tert-alkyl or cyclic N) is 1. The highest BCUT2D eigenvalue weighted by molar-refractivity contribution is 7.08. The van der Waals surface area contributed by atoms with E-state index in [1.54, 1.807) is 17.4 Å². The van der Waals surface area contributed by atoms with Gasteiger partial charge in [-0.2, -0.15) is 11.3 Å². The summed E-state index contributed by atoms with van der Waals surface area (Å²) in [6, 6.07) is 5.29. The molecule has 0 bridgehead atoms. The lowest BCUT2D eigenvalue weighted by atomic mass is 9.51. The van der Waals surface area contributed by atoms with Gasteiger partial charge in [0.25, 0.3) is 0 Å². The summed E-state index contributed by atoms with van der Waals surface area (Å²) in [5.74, 6) is 0.978. The molecule has 7 rings (SSSR count). The Hall–Kier alpha value is -2.13. The number of rotatable bonds is 5. The Morgan fingerprint density at radius 3 is 2.71 bits per heavy atom. The minimum Gasteiger partial charge on any atom is -0.504 e. The fraction of sp³-hybridized carbons (Fsp3) is 0.633. The number of likely N-dealkylation sites (N-methyl/N-ethyl adjacent to an activating group) is 1. The molecule has 2 aliphatic heterocycles. The van der Waals surface area contributed by atoms with E-state index in [9.17, 15) is 20.1 Å². The molecule has 8 heteroatoms. The summed E-state index contributed by atoms with van der Waals surface area (Å²) in [7, 11) is 1.90. The first-order valence-corrected chi connectivity index (χ1v) is 15.0. The smallest absolute Gasteiger partial charge is 0.226 e. The van der Waals surface area contributed by atoms with Crippen molar-refractivity contribution < 1.29 is 24.9 Å². The van der Waals surface area contributed by atoms with Crippen molar-refractivity contribution in [1.29, 1.82) is 0 Å². The lowest BCUT2D eigenvalue weighted by Crippen LogP contribution is -2.76. The number of hydrogen-bond donors (Lipinski definition) is 3. The molecule has 204 valence electrons. The lowest BCUT2D eigenvalue weighted by Gasteiger charge is -2.62. The van der Waals surface area contributed by atoms with Gasteiger partial charge in [0.05, 0.1) is 22.7 Å². The number of amides is 1. The van der Waals surface area contributed by atoms with Gasteiger partial charge in [-0.25, -0.2) is 0 Å². The molecule has 1 amide bonds. The molecule has 3 unspecified atom stereocenters. The van der Waals surface area contributed by atoms with Gasteiger partial charge in [0.1, 0.15) is 6.10 Å². The van der Waals surface area contributed by atoms with Crippen LogP contribution in [0.1, 0.15) is 68.1 Å². The summed E-state index contributed by atoms with van der Waals surface area (Å²) in [6.45, 7) is 5.38. The number of aliphatic hydroxyl groups is 2. The van der Waals surface area contributed by atoms with E-state index in [0.717, 1.165) is 30.4 Å². The van der Waals surface area contributed by atoms with Crippen LogP contribution >= 0.6 is 11.3 Å². The van der Waals surface area contributed by atoms with Crippen LogP contribution in [0.25, 0.3) is 0 Å². The number of phenols is 1. The second-order valence-electron chi connectivity index (χ2n) is 12.7. The third-order valence-electron chi connectivity index (χ3n) is 10.7. The van der Waals surface area contributed by atoms with Crippen LogP contribution in [0, 0.1) is 12.8 Å². The van der Waals surface area contributed by atoms with Gasteiger partial charge in [-0.3, -0.25) is 9.69 Å². The van der Waals surface area contributed by atoms with Crippen molar-refractivity contribution in [3.05, 3.63) is 45.6 Å². The van der Waals surface area contributed by atoms with E-state index in [4.69, 9.17) is 4.74 Å². The molecular formula is C30H38N2O5S. The van der Waals surface area contributed by atoms with Crippen molar-refractivity contribution in [3.63, 3.8) is 0 Å². The topological polar surface area (TPSA) is 93.5 Å². The van der Waals surface area contributed by atoms with Crippen LogP contribution in [0.4, 0.5) is 0 Å². The van der Waals surface area contributed by atoms with E-state index in [-0.39, 0.29) is 35.6 Å². The first-order chi connectivity index (χ1) is 18.1. The van der Waals surface area contributed by atoms with E-state index in [1.807, 2.05) is 24.9 Å². The van der Waals surface area contributed by atoms with Crippen LogP contribution in [0.2, 0.25) is 0 Å². The highest BCUT2D eigenvalue weighted by Crippen LogP contribution is 2.63. The van der Waals surface area contributed by atoms with E-state index in [2.05, 4.69) is 28.7 Å². The van der Waals surface area contributed by atoms with E-state index in [0.29, 0.717) is 38.1 Å². The number of aromatic hydroxyl groups is 1. The molecule has 3 N–H and O–H groups in total. The van der Waals surface area contributed by atoms with Crippen molar-refractivity contribution in [3.8, 4) is 11.5 Å². The van der Waals surface area contributed by atoms with E-state index >= 15 is 0 Å². The lowest BCUT2D eigenvalue weighted by molar-refractivity contribution is -0.195. The SMILES string of the molecule is Cc1ccc(O)c2c1[C@]13CCN(CC4(O)CC4)[C@H](C)[C@]1(O)CCC(N(C)C(=O)C1CC1c1ccsc1)[C@@H]3O2. The normalized spacial score (nSPS) is 38.5. The fourth-order valence-corrected chi connectivity index (χ4v) is 8.97. The molecule has 4 fully saturated rings. The van der Waals surface area contributed by atoms with Gasteiger partial charge < -0.3 is 25.0 Å². The molecule has 3 heterocycles. The number of likely N-dealkylation sites (tertiary alicyclic amines) is 1. The monoisotopic (exact) mass is 538 g/mol. The molecule has 5 aliphatic rings. The van der Waals surface area contributed by atoms with Crippen LogP contribution in [-0.2, 0) is 10.2 Å². The minimum atomic E-state index is -1.12. The third kappa shape index (κ3) is 3.33. The Kier molecular flexibility index (Phi) is 5.36. The van der Waals surface area contributed by atoms with Crippen LogP contribution < -0.4 is 4.74 Å². The zero-order valence-electron chi connectivity index (χ0n) is 22.4. The molecular weight excluding hydrogens is 500 g/mol. The second kappa shape index (κ2) is 8.19. The van der Waals surface area contributed by atoms with Crippen molar-refractivity contribution in [2.24, 2.45) is 5.92 Å². The van der Waals surface area contributed by atoms with Gasteiger partial charge >= 0.3 is 0 Å². The number of fused-ring (bicyclic) bond motifs is 1. The second-order valence-corrected chi connectivity index (χ2v) is 13.5. The molecule has 0 radical (unpaired) electrons. The van der Waals surface area contributed by atoms with E-state index < -0.39 is 22.7 Å². The molecule has 7 nitrogen and oxygen atoms in total. The molecule has 7 atom stereocenters. The summed E-state index contributed by atoms with van der Waals surface area (Å²) in [6.07, 6.45) is 3.83. The average Bonchev–Trinajstić information content (AvgIpc) is 3.73. The standard InChI is InChI=1S/C30H38N2O5S/c1-17-4-5-23(33)25-24(17)29-11-12-32(16-28(35)9-10-28)18(2)30(29,36)8-6-22(26(29)37-25)31(3)27(34)21-14-20(21)19-7-13-38-15-19/h4-5,7,13,15,18,20-22,26,33,35-36H,6,8-12,14,16H2,1-3H3/t18-,20?,21?,22?,26+,29+,30-/m1/s1. The maximum atomic E-state index is 13.7. The van der Waals surface area contributed by atoms with Gasteiger partial charge in [-0.05, 0) is 98.9 Å². The minimum absolute atomic E-state index is 0.00895. The Bertz CT molecular complexity index is 1280. The summed E-state index contributed by atoms with van der Waals surface area (Å²) in [5.41, 5.74) is 0.634. The summed E-state index contributed by atoms with van der Waals surface area (Å²) < 4.78 is 6.66. The predicted octanol–water partition coefficient (Wildman–Crippen LogP) is 3.54. The Morgan fingerprint density at radius 2 is 2.00 bits per heavy atom. The van der Waals surface area contributed by atoms with Crippen LogP contribution in [0.5, 0.6) is 11.5 Å². The van der Waals surface area contributed by atoms with Crippen molar-refractivity contribution in [1.82, 2.24) is 9.80 Å². The number of aryl methyl sites for hydroxylation is 1. The number of thiophene rings is 1. The number of phenolic OH excluding ortho intramolecular Hbond substituents is 1. The number of ether oxygens (including phenoxy) is 1. The number of carbonyl (C=O) groups is 1. The van der Waals surface area contributed by atoms with E-state index in [1.165, 1.54) is 5.56 Å². The summed E-state index contributed by atoms with van der Waals surface area (Å²) >= 11 is 1.67. The molecule has 38 heavy (non-hydrogen) atoms. The first-order valence-electron chi connectivity index (χ1n) is 14.1. The Labute approximate surface area is 228 Å². The number of carbonyl (C=O) groups excluding carboxylic acids is 1. The van der Waals surface area contributed by atoms with Crippen molar-refractivity contribution >= 4 is 17.2 Å². The Morgan fingerprint density at radius 1 is 1.21 bits per heavy atom. The Balaban J connectivity index is 1.25. The van der Waals surface area contributed by atoms with Gasteiger partial charge in [0, 0.05) is 31.1 Å². The maximum Gasteiger partial charge on any atom is 0.226 e. The quantitative estimate of drug-likeness (QED) is 0.539. The number of hydrogen-bond acceptors (Lipinski definition) is 7. The molecule has 1 spiro atoms. The highest BCUT2D eigenvalue weighted by Gasteiger charge is 2.71. The number of piperidine rings is 1. The molecule has 3 saturated carbocycles. The van der Waals surface area contributed by atoms with Crippen LogP contribution in [0.3, 0.4) is 0 Å². The first kappa shape index (κ1) is 24.9. The van der Waals surface area contributed by atoms with Gasteiger partial charge in [-0.15, -0.1) is 0 Å². The number of nitrogens with zero attached hydrogens (tertiary/aromatic N) is 2. The molecule has 1 aromatic carbocycles.